The summed E-state index contributed by atoms with van der Waals surface area (Å²) in [7, 11) is 1.75. The summed E-state index contributed by atoms with van der Waals surface area (Å²) in [6.07, 6.45) is 3.65. The van der Waals surface area contributed by atoms with Crippen LogP contribution in [0.25, 0.3) is 22.0 Å². The molecule has 0 amide bonds. The van der Waals surface area contributed by atoms with E-state index in [0.717, 1.165) is 42.2 Å². The van der Waals surface area contributed by atoms with E-state index in [1.54, 1.807) is 25.2 Å². The van der Waals surface area contributed by atoms with Crippen LogP contribution in [-0.2, 0) is 4.74 Å². The van der Waals surface area contributed by atoms with Crippen LogP contribution in [0.4, 0.5) is 10.6 Å². The Morgan fingerprint density at radius 3 is 2.79 bits per heavy atom. The van der Waals surface area contributed by atoms with Gasteiger partial charge < -0.3 is 10.1 Å². The Hall–Kier alpha value is -3.04. The molecule has 1 aromatic heterocycles. The van der Waals surface area contributed by atoms with Crippen LogP contribution in [0.5, 0.6) is 0 Å². The van der Waals surface area contributed by atoms with Crippen molar-refractivity contribution in [1.82, 2.24) is 9.78 Å². The van der Waals surface area contributed by atoms with Gasteiger partial charge in [0.15, 0.2) is 5.82 Å². The maximum absolute atomic E-state index is 12.5. The van der Waals surface area contributed by atoms with Crippen LogP contribution >= 0.6 is 11.6 Å². The number of nitriles is 1. The predicted octanol–water partition coefficient (Wildman–Crippen LogP) is 5.84. The molecule has 0 spiro atoms. The van der Waals surface area contributed by atoms with Gasteiger partial charge in [-0.1, -0.05) is 43.9 Å². The number of unbranched alkanes of at least 4 members (excludes halogenated alkanes) is 3. The van der Waals surface area contributed by atoms with E-state index in [-0.39, 0.29) is 0 Å². The van der Waals surface area contributed by atoms with Crippen LogP contribution in [0.2, 0.25) is 5.02 Å². The summed E-state index contributed by atoms with van der Waals surface area (Å²) in [6.45, 7) is 2.52. The standard InChI is InChI=1S/C22H23ClN4O2/c1-3-4-5-6-11-29-22(28)27-20-10-8-16(13-18(20)21(25-2)26-27)17-12-15(14-24)7-9-19(17)23/h7-10,12-13H,3-6,11H2,1-2H3,(H,25,26). The number of fused-ring (bicyclic) bond motifs is 1. The molecule has 0 aliphatic heterocycles. The number of carbonyl (C=O) groups is 1. The van der Waals surface area contributed by atoms with Gasteiger partial charge >= 0.3 is 6.09 Å². The van der Waals surface area contributed by atoms with Crippen molar-refractivity contribution in [2.75, 3.05) is 19.0 Å². The molecule has 0 aliphatic carbocycles. The quantitative estimate of drug-likeness (QED) is 0.495. The normalized spacial score (nSPS) is 10.7. The Labute approximate surface area is 175 Å². The van der Waals surface area contributed by atoms with E-state index in [1.807, 2.05) is 18.2 Å². The van der Waals surface area contributed by atoms with Gasteiger partial charge in [0, 0.05) is 23.0 Å². The van der Waals surface area contributed by atoms with Gasteiger partial charge in [-0.3, -0.25) is 0 Å². The molecule has 0 atom stereocenters. The maximum atomic E-state index is 12.5. The van der Waals surface area contributed by atoms with Crippen molar-refractivity contribution in [3.05, 3.63) is 47.0 Å². The smallest absolute Gasteiger partial charge is 0.435 e. The largest absolute Gasteiger partial charge is 0.448 e. The van der Waals surface area contributed by atoms with Crippen molar-refractivity contribution in [3.63, 3.8) is 0 Å². The van der Waals surface area contributed by atoms with Crippen molar-refractivity contribution in [1.29, 1.82) is 5.26 Å². The van der Waals surface area contributed by atoms with Gasteiger partial charge in [-0.15, -0.1) is 5.10 Å². The fraction of sp³-hybridized carbons (Fsp3) is 0.318. The number of carbonyl (C=O) groups excluding carboxylic acids is 1. The number of halogens is 1. The van der Waals surface area contributed by atoms with Crippen molar-refractivity contribution in [2.45, 2.75) is 32.6 Å². The first-order chi connectivity index (χ1) is 14.1. The summed E-state index contributed by atoms with van der Waals surface area (Å²) < 4.78 is 6.66. The predicted molar refractivity (Wildman–Crippen MR) is 115 cm³/mol. The average molecular weight is 411 g/mol. The Balaban J connectivity index is 1.92. The number of ether oxygens (including phenoxy) is 1. The fourth-order valence-electron chi connectivity index (χ4n) is 3.18. The van der Waals surface area contributed by atoms with Gasteiger partial charge in [0.05, 0.1) is 23.8 Å². The highest BCUT2D eigenvalue weighted by atomic mass is 35.5. The highest BCUT2D eigenvalue weighted by Gasteiger charge is 2.17. The van der Waals surface area contributed by atoms with Gasteiger partial charge in [-0.25, -0.2) is 4.79 Å². The number of hydrogen-bond donors (Lipinski definition) is 1. The molecule has 3 aromatic rings. The van der Waals surface area contributed by atoms with Crippen LogP contribution in [0.1, 0.15) is 38.2 Å². The van der Waals surface area contributed by atoms with E-state index < -0.39 is 6.09 Å². The van der Waals surface area contributed by atoms with E-state index >= 15 is 0 Å². The van der Waals surface area contributed by atoms with Crippen molar-refractivity contribution in [3.8, 4) is 17.2 Å². The van der Waals surface area contributed by atoms with E-state index in [2.05, 4.69) is 23.4 Å². The summed E-state index contributed by atoms with van der Waals surface area (Å²) in [5.74, 6) is 0.567. The lowest BCUT2D eigenvalue weighted by Crippen LogP contribution is -2.16. The molecule has 0 saturated heterocycles. The molecule has 3 rings (SSSR count). The molecular formula is C22H23ClN4O2. The number of rotatable bonds is 7. The minimum atomic E-state index is -0.495. The summed E-state index contributed by atoms with van der Waals surface area (Å²) in [4.78, 5) is 12.5. The van der Waals surface area contributed by atoms with Gasteiger partial charge in [0.1, 0.15) is 0 Å². The van der Waals surface area contributed by atoms with Crippen LogP contribution in [0.15, 0.2) is 36.4 Å². The molecular weight excluding hydrogens is 388 g/mol. The first-order valence-corrected chi connectivity index (χ1v) is 10.0. The monoisotopic (exact) mass is 410 g/mol. The first-order valence-electron chi connectivity index (χ1n) is 9.66. The maximum Gasteiger partial charge on any atom is 0.435 e. The Morgan fingerprint density at radius 1 is 1.24 bits per heavy atom. The Morgan fingerprint density at radius 2 is 2.07 bits per heavy atom. The van der Waals surface area contributed by atoms with Crippen molar-refractivity contribution in [2.24, 2.45) is 0 Å². The third-order valence-electron chi connectivity index (χ3n) is 4.72. The SMILES string of the molecule is CCCCCCOC(=O)n1nc(NC)c2cc(-c3cc(C#N)ccc3Cl)ccc21. The molecule has 6 nitrogen and oxygen atoms in total. The molecule has 0 saturated carbocycles. The molecule has 1 heterocycles. The summed E-state index contributed by atoms with van der Waals surface area (Å²) >= 11 is 6.34. The third kappa shape index (κ3) is 4.52. The molecule has 7 heteroatoms. The summed E-state index contributed by atoms with van der Waals surface area (Å²) in [5.41, 5.74) is 2.76. The second-order valence-corrected chi connectivity index (χ2v) is 7.13. The second kappa shape index (κ2) is 9.44. The van der Waals surface area contributed by atoms with Crippen molar-refractivity contribution >= 4 is 34.4 Å². The van der Waals surface area contributed by atoms with E-state index in [0.29, 0.717) is 28.5 Å². The minimum absolute atomic E-state index is 0.379. The number of benzene rings is 2. The summed E-state index contributed by atoms with van der Waals surface area (Å²) in [6, 6.07) is 12.8. The minimum Gasteiger partial charge on any atom is -0.448 e. The lowest BCUT2D eigenvalue weighted by molar-refractivity contribution is 0.143. The van der Waals surface area contributed by atoms with Crippen LogP contribution in [0, 0.1) is 11.3 Å². The molecule has 0 fully saturated rings. The van der Waals surface area contributed by atoms with Gasteiger partial charge in [-0.2, -0.15) is 9.94 Å². The van der Waals surface area contributed by atoms with Crippen LogP contribution in [0.3, 0.4) is 0 Å². The van der Waals surface area contributed by atoms with E-state index in [4.69, 9.17) is 21.6 Å². The highest BCUT2D eigenvalue weighted by Crippen LogP contribution is 2.33. The molecule has 0 unspecified atom stereocenters. The van der Waals surface area contributed by atoms with Gasteiger partial charge in [0.2, 0.25) is 0 Å². The second-order valence-electron chi connectivity index (χ2n) is 6.72. The zero-order valence-electron chi connectivity index (χ0n) is 16.5. The zero-order valence-corrected chi connectivity index (χ0v) is 17.3. The molecule has 29 heavy (non-hydrogen) atoms. The third-order valence-corrected chi connectivity index (χ3v) is 5.05. The highest BCUT2D eigenvalue weighted by molar-refractivity contribution is 6.33. The van der Waals surface area contributed by atoms with Gasteiger partial charge in [0.25, 0.3) is 0 Å². The number of nitrogens with zero attached hydrogens (tertiary/aromatic N) is 3. The molecule has 0 bridgehead atoms. The molecule has 150 valence electrons. The Bertz CT molecular complexity index is 1070. The number of hydrogen-bond acceptors (Lipinski definition) is 5. The lowest BCUT2D eigenvalue weighted by atomic mass is 10.0. The molecule has 0 aliphatic rings. The number of aromatic nitrogens is 2. The zero-order chi connectivity index (χ0) is 20.8. The average Bonchev–Trinajstić information content (AvgIpc) is 3.12. The Kier molecular flexibility index (Phi) is 6.73. The number of anilines is 1. The number of nitrogens with one attached hydrogen (secondary N) is 1. The molecule has 1 N–H and O–H groups in total. The molecule has 2 aromatic carbocycles. The fourth-order valence-corrected chi connectivity index (χ4v) is 3.40. The van der Waals surface area contributed by atoms with Crippen LogP contribution < -0.4 is 5.32 Å². The van der Waals surface area contributed by atoms with Gasteiger partial charge in [-0.05, 0) is 42.3 Å². The molecule has 0 radical (unpaired) electrons. The van der Waals surface area contributed by atoms with E-state index in [9.17, 15) is 4.79 Å². The first kappa shape index (κ1) is 20.7. The summed E-state index contributed by atoms with van der Waals surface area (Å²) in [5, 5.41) is 17.9. The van der Waals surface area contributed by atoms with E-state index in [1.165, 1.54) is 4.68 Å². The van der Waals surface area contributed by atoms with Crippen molar-refractivity contribution < 1.29 is 9.53 Å². The lowest BCUT2D eigenvalue weighted by Gasteiger charge is -2.07. The van der Waals surface area contributed by atoms with Crippen LogP contribution in [-0.4, -0.2) is 29.5 Å². The topological polar surface area (TPSA) is 79.9 Å².